The minimum Gasteiger partial charge on any atom is -0.378 e. The number of benzene rings is 1. The maximum atomic E-state index is 12.6. The molecule has 23 heavy (non-hydrogen) atoms. The van der Waals surface area contributed by atoms with E-state index in [-0.39, 0.29) is 17.7 Å². The van der Waals surface area contributed by atoms with Gasteiger partial charge in [0.1, 0.15) is 0 Å². The van der Waals surface area contributed by atoms with Crippen LogP contribution in [-0.2, 0) is 21.2 Å². The monoisotopic (exact) mass is 338 g/mol. The molecular formula is C16H22N2O4S. The van der Waals surface area contributed by atoms with Crippen LogP contribution in [0.2, 0.25) is 0 Å². The SMILES string of the molecule is CCS(=O)(=O)N1c2ccc(C(=O)N3CCOCC3)cc2C[C@@H]1C. The zero-order valence-electron chi connectivity index (χ0n) is 13.5. The van der Waals surface area contributed by atoms with Gasteiger partial charge in [-0.15, -0.1) is 0 Å². The molecular weight excluding hydrogens is 316 g/mol. The molecule has 2 aliphatic heterocycles. The smallest absolute Gasteiger partial charge is 0.254 e. The predicted octanol–water partition coefficient (Wildman–Crippen LogP) is 1.26. The fraction of sp³-hybridized carbons (Fsp3) is 0.562. The Bertz CT molecular complexity index is 711. The summed E-state index contributed by atoms with van der Waals surface area (Å²) in [5.74, 6) is 0.0613. The average Bonchev–Trinajstić information content (AvgIpc) is 2.90. The van der Waals surface area contributed by atoms with Crippen LogP contribution in [0.15, 0.2) is 18.2 Å². The molecule has 0 aromatic heterocycles. The summed E-state index contributed by atoms with van der Waals surface area (Å²) in [5.41, 5.74) is 2.25. The highest BCUT2D eigenvalue weighted by Crippen LogP contribution is 2.35. The fourth-order valence-corrected chi connectivity index (χ4v) is 4.63. The lowest BCUT2D eigenvalue weighted by atomic mass is 10.1. The fourth-order valence-electron chi connectivity index (χ4n) is 3.25. The zero-order valence-corrected chi connectivity index (χ0v) is 14.3. The third-order valence-corrected chi connectivity index (χ3v) is 6.33. The second-order valence-electron chi connectivity index (χ2n) is 6.00. The molecule has 0 radical (unpaired) electrons. The van der Waals surface area contributed by atoms with Crippen molar-refractivity contribution in [3.05, 3.63) is 29.3 Å². The molecule has 126 valence electrons. The minimum absolute atomic E-state index is 0.0134. The summed E-state index contributed by atoms with van der Waals surface area (Å²) < 4.78 is 31.3. The molecule has 2 heterocycles. The summed E-state index contributed by atoms with van der Waals surface area (Å²) in [6.45, 7) is 5.88. The van der Waals surface area contributed by atoms with Gasteiger partial charge in [0.05, 0.1) is 24.7 Å². The van der Waals surface area contributed by atoms with Crippen molar-refractivity contribution in [1.82, 2.24) is 4.90 Å². The van der Waals surface area contributed by atoms with Crippen LogP contribution in [0.4, 0.5) is 5.69 Å². The number of morpholine rings is 1. The van der Waals surface area contributed by atoms with E-state index in [1.807, 2.05) is 13.0 Å². The van der Waals surface area contributed by atoms with Crippen molar-refractivity contribution in [2.45, 2.75) is 26.3 Å². The normalized spacial score (nSPS) is 21.4. The van der Waals surface area contributed by atoms with Gasteiger partial charge in [-0.25, -0.2) is 8.42 Å². The Balaban J connectivity index is 1.89. The van der Waals surface area contributed by atoms with Crippen LogP contribution >= 0.6 is 0 Å². The van der Waals surface area contributed by atoms with Crippen molar-refractivity contribution >= 4 is 21.6 Å². The molecule has 1 atom stereocenters. The van der Waals surface area contributed by atoms with Gasteiger partial charge in [0.25, 0.3) is 5.91 Å². The Kier molecular flexibility index (Phi) is 4.33. The van der Waals surface area contributed by atoms with Crippen LogP contribution in [0.3, 0.4) is 0 Å². The first-order valence-corrected chi connectivity index (χ1v) is 9.57. The molecule has 1 fully saturated rings. The zero-order chi connectivity index (χ0) is 16.6. The van der Waals surface area contributed by atoms with Crippen molar-refractivity contribution in [3.8, 4) is 0 Å². The summed E-state index contributed by atoms with van der Waals surface area (Å²) in [6.07, 6.45) is 0.638. The maximum Gasteiger partial charge on any atom is 0.254 e. The lowest BCUT2D eigenvalue weighted by Crippen LogP contribution is -2.40. The van der Waals surface area contributed by atoms with Gasteiger partial charge in [0.15, 0.2) is 0 Å². The molecule has 0 aliphatic carbocycles. The molecule has 1 aromatic rings. The Morgan fingerprint density at radius 2 is 2.00 bits per heavy atom. The van der Waals surface area contributed by atoms with Crippen LogP contribution in [-0.4, -0.2) is 57.3 Å². The number of hydrogen-bond donors (Lipinski definition) is 0. The number of amides is 1. The predicted molar refractivity (Wildman–Crippen MR) is 88.3 cm³/mol. The van der Waals surface area contributed by atoms with E-state index < -0.39 is 10.0 Å². The summed E-state index contributed by atoms with van der Waals surface area (Å²) in [5, 5.41) is 0. The molecule has 7 heteroatoms. The van der Waals surface area contributed by atoms with Crippen LogP contribution in [0.25, 0.3) is 0 Å². The van der Waals surface area contributed by atoms with Gasteiger partial charge in [-0.05, 0) is 44.0 Å². The number of fused-ring (bicyclic) bond motifs is 1. The number of sulfonamides is 1. The average molecular weight is 338 g/mol. The van der Waals surface area contributed by atoms with Gasteiger partial charge < -0.3 is 9.64 Å². The van der Waals surface area contributed by atoms with E-state index in [1.165, 1.54) is 4.31 Å². The second kappa shape index (κ2) is 6.13. The quantitative estimate of drug-likeness (QED) is 0.832. The molecule has 2 aliphatic rings. The second-order valence-corrected chi connectivity index (χ2v) is 8.13. The molecule has 1 aromatic carbocycles. The first kappa shape index (κ1) is 16.3. The van der Waals surface area contributed by atoms with E-state index in [0.29, 0.717) is 44.0 Å². The van der Waals surface area contributed by atoms with Crippen molar-refractivity contribution in [2.24, 2.45) is 0 Å². The van der Waals surface area contributed by atoms with Gasteiger partial charge in [-0.2, -0.15) is 0 Å². The molecule has 3 rings (SSSR count). The van der Waals surface area contributed by atoms with E-state index in [4.69, 9.17) is 4.74 Å². The highest BCUT2D eigenvalue weighted by Gasteiger charge is 2.34. The highest BCUT2D eigenvalue weighted by molar-refractivity contribution is 7.92. The number of nitrogens with zero attached hydrogens (tertiary/aromatic N) is 2. The van der Waals surface area contributed by atoms with Crippen molar-refractivity contribution < 1.29 is 17.9 Å². The Morgan fingerprint density at radius 1 is 1.30 bits per heavy atom. The molecule has 0 bridgehead atoms. The molecule has 1 saturated heterocycles. The van der Waals surface area contributed by atoms with E-state index >= 15 is 0 Å². The van der Waals surface area contributed by atoms with Crippen molar-refractivity contribution in [3.63, 3.8) is 0 Å². The summed E-state index contributed by atoms with van der Waals surface area (Å²) >= 11 is 0. The first-order valence-electron chi connectivity index (χ1n) is 7.96. The highest BCUT2D eigenvalue weighted by atomic mass is 32.2. The van der Waals surface area contributed by atoms with Crippen LogP contribution in [0.1, 0.15) is 29.8 Å². The largest absolute Gasteiger partial charge is 0.378 e. The van der Waals surface area contributed by atoms with Gasteiger partial charge in [-0.3, -0.25) is 9.10 Å². The van der Waals surface area contributed by atoms with Gasteiger partial charge >= 0.3 is 0 Å². The van der Waals surface area contributed by atoms with Crippen molar-refractivity contribution in [1.29, 1.82) is 0 Å². The number of rotatable bonds is 3. The summed E-state index contributed by atoms with van der Waals surface area (Å²) in [6, 6.07) is 5.23. The van der Waals surface area contributed by atoms with E-state index in [2.05, 4.69) is 0 Å². The Hall–Kier alpha value is -1.60. The Labute approximate surface area is 137 Å². The van der Waals surface area contributed by atoms with Gasteiger partial charge in [0, 0.05) is 24.7 Å². The summed E-state index contributed by atoms with van der Waals surface area (Å²) in [7, 11) is -3.29. The first-order chi connectivity index (χ1) is 10.9. The topological polar surface area (TPSA) is 66.9 Å². The number of hydrogen-bond acceptors (Lipinski definition) is 4. The van der Waals surface area contributed by atoms with E-state index in [9.17, 15) is 13.2 Å². The molecule has 1 amide bonds. The number of ether oxygens (including phenoxy) is 1. The molecule has 0 N–H and O–H groups in total. The lowest BCUT2D eigenvalue weighted by molar-refractivity contribution is 0.0303. The molecule has 0 saturated carbocycles. The van der Waals surface area contributed by atoms with E-state index in [1.54, 1.807) is 24.0 Å². The van der Waals surface area contributed by atoms with Gasteiger partial charge in [-0.1, -0.05) is 0 Å². The standard InChI is InChI=1S/C16H22N2O4S/c1-3-23(20,21)18-12(2)10-14-11-13(4-5-15(14)18)16(19)17-6-8-22-9-7-17/h4-5,11-12H,3,6-10H2,1-2H3/t12-/m0/s1. The minimum atomic E-state index is -3.29. The maximum absolute atomic E-state index is 12.6. The molecule has 0 spiro atoms. The van der Waals surface area contributed by atoms with E-state index in [0.717, 1.165) is 5.56 Å². The molecule has 6 nitrogen and oxygen atoms in total. The summed E-state index contributed by atoms with van der Waals surface area (Å²) in [4.78, 5) is 14.3. The number of anilines is 1. The van der Waals surface area contributed by atoms with Crippen molar-refractivity contribution in [2.75, 3.05) is 36.4 Å². The van der Waals surface area contributed by atoms with Crippen LogP contribution in [0, 0.1) is 0 Å². The Morgan fingerprint density at radius 3 is 2.65 bits per heavy atom. The lowest BCUT2D eigenvalue weighted by Gasteiger charge is -2.27. The van der Waals surface area contributed by atoms with Gasteiger partial charge in [0.2, 0.25) is 10.0 Å². The van der Waals surface area contributed by atoms with Crippen LogP contribution in [0.5, 0.6) is 0 Å². The van der Waals surface area contributed by atoms with Crippen LogP contribution < -0.4 is 4.31 Å². The third-order valence-electron chi connectivity index (χ3n) is 4.44. The number of carbonyl (C=O) groups is 1. The number of carbonyl (C=O) groups excluding carboxylic acids is 1. The third kappa shape index (κ3) is 2.95. The molecule has 0 unspecified atom stereocenters.